The standard InChI is InChI=1S/C12H26N2O3/c1-5-10(8-17-4)14-11(16)13-9-12(2,3)6-7-15/h10,15H,5-9H2,1-4H3,(H2,13,14,16). The summed E-state index contributed by atoms with van der Waals surface area (Å²) < 4.78 is 5.00. The van der Waals surface area contributed by atoms with Gasteiger partial charge in [-0.25, -0.2) is 4.79 Å². The fourth-order valence-corrected chi connectivity index (χ4v) is 1.41. The van der Waals surface area contributed by atoms with Crippen LogP contribution in [0.2, 0.25) is 0 Å². The lowest BCUT2D eigenvalue weighted by atomic mass is 9.90. The van der Waals surface area contributed by atoms with Gasteiger partial charge in [0.2, 0.25) is 0 Å². The number of hydrogen-bond donors (Lipinski definition) is 3. The summed E-state index contributed by atoms with van der Waals surface area (Å²) in [4.78, 5) is 11.6. The van der Waals surface area contributed by atoms with Crippen molar-refractivity contribution in [1.29, 1.82) is 0 Å². The first kappa shape index (κ1) is 16.2. The number of ether oxygens (including phenoxy) is 1. The third-order valence-corrected chi connectivity index (χ3v) is 2.71. The number of aliphatic hydroxyl groups is 1. The summed E-state index contributed by atoms with van der Waals surface area (Å²) in [6, 6.07) is -0.138. The van der Waals surface area contributed by atoms with Crippen LogP contribution < -0.4 is 10.6 Å². The van der Waals surface area contributed by atoms with E-state index >= 15 is 0 Å². The van der Waals surface area contributed by atoms with E-state index in [4.69, 9.17) is 9.84 Å². The van der Waals surface area contributed by atoms with Crippen molar-refractivity contribution >= 4 is 6.03 Å². The first-order chi connectivity index (χ1) is 7.95. The molecule has 0 heterocycles. The predicted molar refractivity (Wildman–Crippen MR) is 68.0 cm³/mol. The van der Waals surface area contributed by atoms with Crippen molar-refractivity contribution in [3.63, 3.8) is 0 Å². The molecule has 0 saturated heterocycles. The van der Waals surface area contributed by atoms with E-state index in [0.29, 0.717) is 19.6 Å². The molecule has 0 aliphatic rings. The molecule has 17 heavy (non-hydrogen) atoms. The lowest BCUT2D eigenvalue weighted by molar-refractivity contribution is 0.161. The molecule has 0 spiro atoms. The van der Waals surface area contributed by atoms with Crippen LogP contribution in [0.25, 0.3) is 0 Å². The van der Waals surface area contributed by atoms with Gasteiger partial charge in [-0.05, 0) is 18.3 Å². The van der Waals surface area contributed by atoms with Crippen LogP contribution in [-0.2, 0) is 4.74 Å². The van der Waals surface area contributed by atoms with Gasteiger partial charge in [0.05, 0.1) is 12.6 Å². The SMILES string of the molecule is CCC(COC)NC(=O)NCC(C)(C)CCO. The molecule has 0 aromatic heterocycles. The zero-order chi connectivity index (χ0) is 13.3. The summed E-state index contributed by atoms with van der Waals surface area (Å²) in [7, 11) is 1.62. The van der Waals surface area contributed by atoms with Crippen molar-refractivity contribution in [2.24, 2.45) is 5.41 Å². The molecule has 0 radical (unpaired) electrons. The number of aliphatic hydroxyl groups excluding tert-OH is 1. The number of urea groups is 1. The molecule has 0 aliphatic heterocycles. The Morgan fingerprint density at radius 2 is 2.12 bits per heavy atom. The van der Waals surface area contributed by atoms with Crippen molar-refractivity contribution in [2.45, 2.75) is 39.7 Å². The van der Waals surface area contributed by atoms with Gasteiger partial charge in [0, 0.05) is 20.3 Å². The van der Waals surface area contributed by atoms with Gasteiger partial charge in [-0.3, -0.25) is 0 Å². The van der Waals surface area contributed by atoms with Gasteiger partial charge < -0.3 is 20.5 Å². The molecule has 2 amide bonds. The average molecular weight is 246 g/mol. The maximum atomic E-state index is 11.6. The van der Waals surface area contributed by atoms with Gasteiger partial charge in [0.15, 0.2) is 0 Å². The van der Waals surface area contributed by atoms with Crippen LogP contribution in [0, 0.1) is 5.41 Å². The molecule has 0 aromatic carbocycles. The van der Waals surface area contributed by atoms with E-state index in [-0.39, 0.29) is 24.1 Å². The van der Waals surface area contributed by atoms with Gasteiger partial charge in [-0.2, -0.15) is 0 Å². The van der Waals surface area contributed by atoms with Crippen LogP contribution in [0.5, 0.6) is 0 Å². The Balaban J connectivity index is 3.93. The maximum Gasteiger partial charge on any atom is 0.315 e. The largest absolute Gasteiger partial charge is 0.396 e. The molecule has 5 heteroatoms. The minimum Gasteiger partial charge on any atom is -0.396 e. The Morgan fingerprint density at radius 1 is 1.47 bits per heavy atom. The van der Waals surface area contributed by atoms with E-state index in [9.17, 15) is 4.79 Å². The zero-order valence-electron chi connectivity index (χ0n) is 11.4. The topological polar surface area (TPSA) is 70.6 Å². The van der Waals surface area contributed by atoms with Crippen LogP contribution in [-0.4, -0.2) is 44.0 Å². The number of rotatable bonds is 8. The summed E-state index contributed by atoms with van der Waals surface area (Å²) in [6.45, 7) is 7.22. The quantitative estimate of drug-likeness (QED) is 0.601. The second-order valence-electron chi connectivity index (χ2n) is 5.03. The minimum absolute atomic E-state index is 0.0426. The molecule has 0 rings (SSSR count). The van der Waals surface area contributed by atoms with E-state index in [1.165, 1.54) is 0 Å². The molecule has 0 aromatic rings. The van der Waals surface area contributed by atoms with Crippen molar-refractivity contribution in [3.05, 3.63) is 0 Å². The lowest BCUT2D eigenvalue weighted by Gasteiger charge is -2.25. The third kappa shape index (κ3) is 7.99. The molecule has 1 atom stereocenters. The molecule has 3 N–H and O–H groups in total. The van der Waals surface area contributed by atoms with Crippen molar-refractivity contribution in [3.8, 4) is 0 Å². The normalized spacial score (nSPS) is 13.2. The minimum atomic E-state index is -0.181. The molecule has 0 saturated carbocycles. The molecule has 1 unspecified atom stereocenters. The Kier molecular flexibility index (Phi) is 7.91. The van der Waals surface area contributed by atoms with Gasteiger partial charge in [-0.1, -0.05) is 20.8 Å². The lowest BCUT2D eigenvalue weighted by Crippen LogP contribution is -2.46. The van der Waals surface area contributed by atoms with Gasteiger partial charge in [0.1, 0.15) is 0 Å². The van der Waals surface area contributed by atoms with E-state index in [1.54, 1.807) is 7.11 Å². The summed E-state index contributed by atoms with van der Waals surface area (Å²) in [6.07, 6.45) is 1.50. The Bertz CT molecular complexity index is 220. The summed E-state index contributed by atoms with van der Waals surface area (Å²) in [5, 5.41) is 14.5. The number of methoxy groups -OCH3 is 1. The number of hydrogen-bond acceptors (Lipinski definition) is 3. The first-order valence-electron chi connectivity index (χ1n) is 6.09. The molecule has 5 nitrogen and oxygen atoms in total. The Labute approximate surface area is 104 Å². The van der Waals surface area contributed by atoms with E-state index in [2.05, 4.69) is 10.6 Å². The smallest absolute Gasteiger partial charge is 0.315 e. The maximum absolute atomic E-state index is 11.6. The second-order valence-corrected chi connectivity index (χ2v) is 5.03. The monoisotopic (exact) mass is 246 g/mol. The highest BCUT2D eigenvalue weighted by Crippen LogP contribution is 2.17. The highest BCUT2D eigenvalue weighted by molar-refractivity contribution is 5.74. The number of amides is 2. The molecule has 102 valence electrons. The predicted octanol–water partition coefficient (Wildman–Crippen LogP) is 1.12. The number of carbonyl (C=O) groups is 1. The number of nitrogens with one attached hydrogen (secondary N) is 2. The average Bonchev–Trinajstić information content (AvgIpc) is 2.26. The molecule has 0 bridgehead atoms. The van der Waals surface area contributed by atoms with E-state index in [0.717, 1.165) is 6.42 Å². The van der Waals surface area contributed by atoms with E-state index < -0.39 is 0 Å². The first-order valence-corrected chi connectivity index (χ1v) is 6.09. The fraction of sp³-hybridized carbons (Fsp3) is 0.917. The summed E-state index contributed by atoms with van der Waals surface area (Å²) >= 11 is 0. The highest BCUT2D eigenvalue weighted by Gasteiger charge is 2.18. The van der Waals surface area contributed by atoms with Crippen LogP contribution >= 0.6 is 0 Å². The third-order valence-electron chi connectivity index (χ3n) is 2.71. The van der Waals surface area contributed by atoms with Crippen LogP contribution in [0.1, 0.15) is 33.6 Å². The Morgan fingerprint density at radius 3 is 2.59 bits per heavy atom. The van der Waals surface area contributed by atoms with Crippen LogP contribution in [0.4, 0.5) is 4.79 Å². The van der Waals surface area contributed by atoms with Gasteiger partial charge in [0.25, 0.3) is 0 Å². The van der Waals surface area contributed by atoms with Crippen molar-refractivity contribution < 1.29 is 14.6 Å². The summed E-state index contributed by atoms with van der Waals surface area (Å²) in [5.74, 6) is 0. The summed E-state index contributed by atoms with van der Waals surface area (Å²) in [5.41, 5.74) is -0.0882. The molecular weight excluding hydrogens is 220 g/mol. The molecular formula is C12H26N2O3. The fourth-order valence-electron chi connectivity index (χ4n) is 1.41. The van der Waals surface area contributed by atoms with Crippen molar-refractivity contribution in [1.82, 2.24) is 10.6 Å². The van der Waals surface area contributed by atoms with E-state index in [1.807, 2.05) is 20.8 Å². The molecule has 0 fully saturated rings. The zero-order valence-corrected chi connectivity index (χ0v) is 11.4. The highest BCUT2D eigenvalue weighted by atomic mass is 16.5. The van der Waals surface area contributed by atoms with Gasteiger partial charge in [-0.15, -0.1) is 0 Å². The Hall–Kier alpha value is -0.810. The number of carbonyl (C=O) groups excluding carboxylic acids is 1. The van der Waals surface area contributed by atoms with Crippen LogP contribution in [0.3, 0.4) is 0 Å². The second kappa shape index (κ2) is 8.31. The van der Waals surface area contributed by atoms with Crippen molar-refractivity contribution in [2.75, 3.05) is 26.9 Å². The van der Waals surface area contributed by atoms with Crippen LogP contribution in [0.15, 0.2) is 0 Å². The molecule has 0 aliphatic carbocycles. The van der Waals surface area contributed by atoms with Gasteiger partial charge >= 0.3 is 6.03 Å².